The second-order valence-electron chi connectivity index (χ2n) is 2.42. The van der Waals surface area contributed by atoms with E-state index in [1.807, 2.05) is 29.2 Å². The molecule has 1 N–H and O–H groups in total. The first-order chi connectivity index (χ1) is 6.36. The number of aromatic nitrogens is 3. The van der Waals surface area contributed by atoms with Crippen LogP contribution in [-0.4, -0.2) is 14.6 Å². The molecule has 0 saturated carbocycles. The molecule has 0 aromatic carbocycles. The van der Waals surface area contributed by atoms with E-state index in [1.54, 1.807) is 6.20 Å². The van der Waals surface area contributed by atoms with Crippen LogP contribution in [0.25, 0.3) is 0 Å². The number of hydrogen-bond acceptors (Lipinski definition) is 3. The highest BCUT2D eigenvalue weighted by atomic mass is 127. The predicted octanol–water partition coefficient (Wildman–Crippen LogP) is 1.76. The molecule has 2 aromatic heterocycles. The molecule has 0 spiro atoms. The lowest BCUT2D eigenvalue weighted by molar-refractivity contribution is 0.942. The molecule has 5 heteroatoms. The Hall–Kier alpha value is -1.11. The van der Waals surface area contributed by atoms with Gasteiger partial charge in [-0.3, -0.25) is 10.1 Å². The molecule has 0 aliphatic carbocycles. The Balaban J connectivity index is 2.24. The third kappa shape index (κ3) is 1.97. The fraction of sp³-hybridized carbons (Fsp3) is 0. The third-order valence-electron chi connectivity index (χ3n) is 1.51. The minimum absolute atomic E-state index is 0.812. The first kappa shape index (κ1) is 8.49. The van der Waals surface area contributed by atoms with Gasteiger partial charge in [-0.1, -0.05) is 0 Å². The first-order valence-corrected chi connectivity index (χ1v) is 4.79. The van der Waals surface area contributed by atoms with Gasteiger partial charge in [-0.15, -0.1) is 0 Å². The van der Waals surface area contributed by atoms with Crippen molar-refractivity contribution in [1.29, 1.82) is 0 Å². The van der Waals surface area contributed by atoms with Crippen LogP contribution in [0.3, 0.4) is 0 Å². The molecule has 0 unspecified atom stereocenters. The van der Waals surface area contributed by atoms with Crippen LogP contribution in [0.4, 0.5) is 5.82 Å². The predicted molar refractivity (Wildman–Crippen MR) is 58.2 cm³/mol. The minimum atomic E-state index is 0.812. The van der Waals surface area contributed by atoms with E-state index in [4.69, 9.17) is 0 Å². The van der Waals surface area contributed by atoms with E-state index in [0.717, 1.165) is 9.39 Å². The quantitative estimate of drug-likeness (QED) is 0.855. The van der Waals surface area contributed by atoms with Crippen molar-refractivity contribution in [2.24, 2.45) is 0 Å². The van der Waals surface area contributed by atoms with Gasteiger partial charge in [0.2, 0.25) is 0 Å². The third-order valence-corrected chi connectivity index (χ3v) is 2.30. The molecule has 0 atom stereocenters. The topological polar surface area (TPSA) is 42.7 Å². The molecule has 0 saturated heterocycles. The average molecular weight is 286 g/mol. The molecular weight excluding hydrogens is 279 g/mol. The average Bonchev–Trinajstić information content (AvgIpc) is 2.61. The van der Waals surface area contributed by atoms with Crippen molar-refractivity contribution in [1.82, 2.24) is 14.6 Å². The molecule has 4 nitrogen and oxygen atoms in total. The molecule has 0 aliphatic rings. The molecule has 2 rings (SSSR count). The lowest BCUT2D eigenvalue weighted by atomic mass is 10.6. The van der Waals surface area contributed by atoms with Gasteiger partial charge < -0.3 is 0 Å². The smallest absolute Gasteiger partial charge is 0.161 e. The van der Waals surface area contributed by atoms with Gasteiger partial charge in [0.05, 0.1) is 3.57 Å². The number of nitrogens with one attached hydrogen (secondary N) is 1. The van der Waals surface area contributed by atoms with E-state index in [2.05, 4.69) is 38.0 Å². The summed E-state index contributed by atoms with van der Waals surface area (Å²) >= 11 is 2.18. The van der Waals surface area contributed by atoms with Crippen LogP contribution in [0.1, 0.15) is 0 Å². The summed E-state index contributed by atoms with van der Waals surface area (Å²) in [6, 6.07) is 3.89. The zero-order valence-corrected chi connectivity index (χ0v) is 8.84. The van der Waals surface area contributed by atoms with Gasteiger partial charge in [-0.2, -0.15) is 0 Å². The van der Waals surface area contributed by atoms with Crippen molar-refractivity contribution in [3.63, 3.8) is 0 Å². The van der Waals surface area contributed by atoms with Gasteiger partial charge in [0.25, 0.3) is 0 Å². The van der Waals surface area contributed by atoms with E-state index in [1.165, 1.54) is 6.33 Å². The van der Waals surface area contributed by atoms with E-state index < -0.39 is 0 Å². The van der Waals surface area contributed by atoms with Gasteiger partial charge in [0.1, 0.15) is 6.33 Å². The summed E-state index contributed by atoms with van der Waals surface area (Å²) in [6.07, 6.45) is 7.11. The van der Waals surface area contributed by atoms with Crippen molar-refractivity contribution in [2.45, 2.75) is 0 Å². The summed E-state index contributed by atoms with van der Waals surface area (Å²) in [5.41, 5.74) is 3.11. The maximum Gasteiger partial charge on any atom is 0.161 e. The van der Waals surface area contributed by atoms with E-state index >= 15 is 0 Å². The van der Waals surface area contributed by atoms with Crippen LogP contribution in [-0.2, 0) is 0 Å². The molecule has 0 radical (unpaired) electrons. The molecule has 0 bridgehead atoms. The van der Waals surface area contributed by atoms with Gasteiger partial charge in [0, 0.05) is 18.6 Å². The largest absolute Gasteiger partial charge is 0.277 e. The normalized spacial score (nSPS) is 9.92. The van der Waals surface area contributed by atoms with Crippen LogP contribution in [0, 0.1) is 3.57 Å². The highest BCUT2D eigenvalue weighted by Crippen LogP contribution is 2.12. The molecule has 66 valence electrons. The summed E-state index contributed by atoms with van der Waals surface area (Å²) in [6.45, 7) is 0. The minimum Gasteiger partial charge on any atom is -0.277 e. The zero-order valence-electron chi connectivity index (χ0n) is 6.68. The number of hydrogen-bond donors (Lipinski definition) is 1. The highest BCUT2D eigenvalue weighted by Gasteiger charge is 1.98. The Labute approximate surface area is 89.1 Å². The van der Waals surface area contributed by atoms with Crippen molar-refractivity contribution < 1.29 is 0 Å². The molecule has 2 heterocycles. The second kappa shape index (κ2) is 3.73. The second-order valence-corrected chi connectivity index (χ2v) is 3.58. The van der Waals surface area contributed by atoms with Crippen molar-refractivity contribution >= 4 is 28.4 Å². The van der Waals surface area contributed by atoms with Crippen LogP contribution >= 0.6 is 22.6 Å². The fourth-order valence-corrected chi connectivity index (χ4v) is 1.35. The van der Waals surface area contributed by atoms with E-state index in [9.17, 15) is 0 Å². The molecule has 13 heavy (non-hydrogen) atoms. The van der Waals surface area contributed by atoms with Gasteiger partial charge in [-0.25, -0.2) is 9.97 Å². The maximum absolute atomic E-state index is 4.10. The molecule has 2 aromatic rings. The van der Waals surface area contributed by atoms with Crippen LogP contribution in [0.5, 0.6) is 0 Å². The summed E-state index contributed by atoms with van der Waals surface area (Å²) in [7, 11) is 0. The monoisotopic (exact) mass is 286 g/mol. The SMILES string of the molecule is Ic1cncnc1Nn1cccc1. The first-order valence-electron chi connectivity index (χ1n) is 3.72. The van der Waals surface area contributed by atoms with Crippen LogP contribution < -0.4 is 5.43 Å². The summed E-state index contributed by atoms with van der Waals surface area (Å²) in [5, 5.41) is 0. The summed E-state index contributed by atoms with van der Waals surface area (Å²) in [5.74, 6) is 0.812. The fourth-order valence-electron chi connectivity index (χ4n) is 0.926. The Morgan fingerprint density at radius 3 is 2.77 bits per heavy atom. The maximum atomic E-state index is 4.10. The summed E-state index contributed by atoms with van der Waals surface area (Å²) < 4.78 is 2.83. The highest BCUT2D eigenvalue weighted by molar-refractivity contribution is 14.1. The zero-order chi connectivity index (χ0) is 9.10. The molecule has 0 amide bonds. The van der Waals surface area contributed by atoms with Crippen molar-refractivity contribution in [2.75, 3.05) is 5.43 Å². The number of halogens is 1. The van der Waals surface area contributed by atoms with Crippen molar-refractivity contribution in [3.05, 3.63) is 40.6 Å². The van der Waals surface area contributed by atoms with Crippen LogP contribution in [0.15, 0.2) is 37.1 Å². The van der Waals surface area contributed by atoms with Gasteiger partial charge >= 0.3 is 0 Å². The standard InChI is InChI=1S/C8H7IN4/c9-7-5-10-6-11-8(7)12-13-3-1-2-4-13/h1-6H,(H,10,11,12). The van der Waals surface area contributed by atoms with Gasteiger partial charge in [-0.05, 0) is 34.7 Å². The lowest BCUT2D eigenvalue weighted by Crippen LogP contribution is -2.08. The lowest BCUT2D eigenvalue weighted by Gasteiger charge is -2.06. The molecule has 0 fully saturated rings. The number of nitrogens with zero attached hydrogens (tertiary/aromatic N) is 3. The van der Waals surface area contributed by atoms with E-state index in [0.29, 0.717) is 0 Å². The Morgan fingerprint density at radius 1 is 1.31 bits per heavy atom. The molecular formula is C8H7IN4. The Bertz CT molecular complexity index is 385. The van der Waals surface area contributed by atoms with Gasteiger partial charge in [0.15, 0.2) is 5.82 Å². The molecule has 0 aliphatic heterocycles. The number of anilines is 1. The Kier molecular flexibility index (Phi) is 2.44. The van der Waals surface area contributed by atoms with Crippen molar-refractivity contribution in [3.8, 4) is 0 Å². The Morgan fingerprint density at radius 2 is 2.08 bits per heavy atom. The number of rotatable bonds is 2. The van der Waals surface area contributed by atoms with E-state index in [-0.39, 0.29) is 0 Å². The summed E-state index contributed by atoms with van der Waals surface area (Å²) in [4.78, 5) is 8.01. The van der Waals surface area contributed by atoms with Crippen LogP contribution in [0.2, 0.25) is 0 Å².